The van der Waals surface area contributed by atoms with E-state index in [0.717, 1.165) is 5.56 Å². The molecule has 0 fully saturated rings. The highest BCUT2D eigenvalue weighted by molar-refractivity contribution is 5.84. The highest BCUT2D eigenvalue weighted by Crippen LogP contribution is 2.37. The van der Waals surface area contributed by atoms with Crippen LogP contribution in [0.3, 0.4) is 0 Å². The average Bonchev–Trinajstić information content (AvgIpc) is 2.47. The quantitative estimate of drug-likeness (QED) is 0.731. The van der Waals surface area contributed by atoms with Crippen LogP contribution in [0.2, 0.25) is 0 Å². The Morgan fingerprint density at radius 1 is 1.00 bits per heavy atom. The molecule has 0 aliphatic carbocycles. The Bertz CT molecular complexity index is 685. The van der Waals surface area contributed by atoms with E-state index < -0.39 is 18.2 Å². The molecule has 0 spiro atoms. The molecule has 0 saturated carbocycles. The third-order valence-corrected chi connectivity index (χ3v) is 3.30. The Balaban J connectivity index is 2.77. The van der Waals surface area contributed by atoms with Gasteiger partial charge in [-0.15, -0.1) is 0 Å². The Morgan fingerprint density at radius 3 is 2.18 bits per heavy atom. The molecule has 114 valence electrons. The topological polar surface area (TPSA) is 17.1 Å². The van der Waals surface area contributed by atoms with Crippen LogP contribution in [0, 0.1) is 6.92 Å². The maximum atomic E-state index is 13.4. The van der Waals surface area contributed by atoms with Crippen molar-refractivity contribution in [3.8, 4) is 0 Å². The minimum Gasteiger partial charge on any atom is -0.303 e. The third-order valence-electron chi connectivity index (χ3n) is 3.30. The number of aldehydes is 1. The largest absolute Gasteiger partial charge is 0.413 e. The summed E-state index contributed by atoms with van der Waals surface area (Å²) in [6.07, 6.45) is -4.93. The lowest BCUT2D eigenvalue weighted by molar-refractivity contribution is -0.113. The van der Waals surface area contributed by atoms with E-state index >= 15 is 0 Å². The van der Waals surface area contributed by atoms with E-state index in [0.29, 0.717) is 17.4 Å². The molecule has 1 nitrogen and oxygen atoms in total. The fourth-order valence-electron chi connectivity index (χ4n) is 2.36. The van der Waals surface area contributed by atoms with E-state index in [-0.39, 0.29) is 5.57 Å². The van der Waals surface area contributed by atoms with Crippen molar-refractivity contribution >= 4 is 11.9 Å². The monoisotopic (exact) mass is 304 g/mol. The van der Waals surface area contributed by atoms with Gasteiger partial charge in [-0.1, -0.05) is 60.2 Å². The predicted octanol–water partition coefficient (Wildman–Crippen LogP) is 4.95. The lowest BCUT2D eigenvalue weighted by Crippen LogP contribution is -2.15. The van der Waals surface area contributed by atoms with Gasteiger partial charge in [0, 0.05) is 12.0 Å². The number of rotatable bonds is 4. The number of halogens is 3. The molecule has 2 aromatic carbocycles. The summed E-state index contributed by atoms with van der Waals surface area (Å²) in [5, 5.41) is 0. The summed E-state index contributed by atoms with van der Waals surface area (Å²) in [6.45, 7) is 1.82. The van der Waals surface area contributed by atoms with Crippen molar-refractivity contribution in [1.29, 1.82) is 0 Å². The Hall–Kier alpha value is -2.36. The molecule has 4 heteroatoms. The molecule has 0 atom stereocenters. The second kappa shape index (κ2) is 6.60. The molecule has 0 radical (unpaired) electrons. The van der Waals surface area contributed by atoms with Crippen LogP contribution < -0.4 is 0 Å². The van der Waals surface area contributed by atoms with Crippen LogP contribution in [0.5, 0.6) is 0 Å². The van der Waals surface area contributed by atoms with Gasteiger partial charge in [-0.25, -0.2) is 0 Å². The first-order chi connectivity index (χ1) is 10.4. The molecule has 0 bridgehead atoms. The Kier molecular flexibility index (Phi) is 4.81. The van der Waals surface area contributed by atoms with Gasteiger partial charge in [-0.05, 0) is 23.6 Å². The lowest BCUT2D eigenvalue weighted by Gasteiger charge is -2.18. The van der Waals surface area contributed by atoms with Crippen molar-refractivity contribution in [1.82, 2.24) is 0 Å². The summed E-state index contributed by atoms with van der Waals surface area (Å²) in [5.74, 6) is 0. The molecule has 0 N–H and O–H groups in total. The first-order valence-corrected chi connectivity index (χ1v) is 6.80. The van der Waals surface area contributed by atoms with Crippen molar-refractivity contribution in [3.05, 3.63) is 76.9 Å². The molecule has 2 rings (SSSR count). The highest BCUT2D eigenvalue weighted by atomic mass is 19.4. The van der Waals surface area contributed by atoms with Crippen LogP contribution in [0.25, 0.3) is 5.57 Å². The number of hydrogen-bond acceptors (Lipinski definition) is 1. The summed E-state index contributed by atoms with van der Waals surface area (Å²) in [4.78, 5) is 10.8. The molecule has 0 aliphatic heterocycles. The lowest BCUT2D eigenvalue weighted by atomic mass is 9.90. The van der Waals surface area contributed by atoms with E-state index in [1.165, 1.54) is 0 Å². The van der Waals surface area contributed by atoms with Crippen LogP contribution in [0.4, 0.5) is 13.2 Å². The first-order valence-electron chi connectivity index (χ1n) is 6.80. The van der Waals surface area contributed by atoms with Gasteiger partial charge in [0.1, 0.15) is 6.29 Å². The molecule has 22 heavy (non-hydrogen) atoms. The number of hydrogen-bond donors (Lipinski definition) is 0. The van der Waals surface area contributed by atoms with Crippen molar-refractivity contribution in [3.63, 3.8) is 0 Å². The van der Waals surface area contributed by atoms with Gasteiger partial charge in [0.25, 0.3) is 0 Å². The van der Waals surface area contributed by atoms with Gasteiger partial charge in [-0.2, -0.15) is 13.2 Å². The molecular weight excluding hydrogens is 289 g/mol. The highest BCUT2D eigenvalue weighted by Gasteiger charge is 2.36. The Labute approximate surface area is 127 Å². The number of carbonyl (C=O) groups is 1. The number of benzene rings is 2. The van der Waals surface area contributed by atoms with E-state index in [4.69, 9.17) is 0 Å². The van der Waals surface area contributed by atoms with Crippen LogP contribution in [-0.2, 0) is 4.79 Å². The maximum absolute atomic E-state index is 13.4. The third kappa shape index (κ3) is 3.64. The number of carbonyl (C=O) groups excluding carboxylic acids is 1. The van der Waals surface area contributed by atoms with Crippen LogP contribution in [0.15, 0.2) is 60.2 Å². The zero-order chi connectivity index (χ0) is 16.2. The average molecular weight is 304 g/mol. The second-order valence-electron chi connectivity index (χ2n) is 4.96. The number of allylic oxidation sites excluding steroid dienone is 1. The normalized spacial score (nSPS) is 12.7. The standard InChI is InChI=1S/C18H15F3O/c1-13-6-5-9-15(12-13)17(14-7-3-2-4-8-14)16(10-11-22)18(19,20)21/h2-9,11-12H,10H2,1H3/b17-16+. The van der Waals surface area contributed by atoms with Gasteiger partial charge in [0.15, 0.2) is 0 Å². The zero-order valence-corrected chi connectivity index (χ0v) is 12.0. The van der Waals surface area contributed by atoms with Crippen LogP contribution in [0.1, 0.15) is 23.1 Å². The molecule has 0 heterocycles. The second-order valence-corrected chi connectivity index (χ2v) is 4.96. The van der Waals surface area contributed by atoms with Crippen molar-refractivity contribution < 1.29 is 18.0 Å². The van der Waals surface area contributed by atoms with Crippen LogP contribution >= 0.6 is 0 Å². The molecule has 0 amide bonds. The predicted molar refractivity (Wildman–Crippen MR) is 80.4 cm³/mol. The molecule has 0 saturated heterocycles. The molecule has 0 unspecified atom stereocenters. The van der Waals surface area contributed by atoms with Gasteiger partial charge >= 0.3 is 6.18 Å². The molecule has 2 aromatic rings. The van der Waals surface area contributed by atoms with Gasteiger partial charge < -0.3 is 4.79 Å². The summed E-state index contributed by atoms with van der Waals surface area (Å²) < 4.78 is 40.2. The van der Waals surface area contributed by atoms with E-state index in [1.807, 2.05) is 13.0 Å². The molecule has 0 aromatic heterocycles. The van der Waals surface area contributed by atoms with Crippen molar-refractivity contribution in [2.24, 2.45) is 0 Å². The van der Waals surface area contributed by atoms with Gasteiger partial charge in [0.2, 0.25) is 0 Å². The summed E-state index contributed by atoms with van der Waals surface area (Å²) in [6, 6.07) is 15.2. The summed E-state index contributed by atoms with van der Waals surface area (Å²) >= 11 is 0. The van der Waals surface area contributed by atoms with Crippen LogP contribution in [-0.4, -0.2) is 12.5 Å². The minimum atomic E-state index is -4.56. The van der Waals surface area contributed by atoms with E-state index in [2.05, 4.69) is 0 Å². The first kappa shape index (κ1) is 16.0. The van der Waals surface area contributed by atoms with Gasteiger partial charge in [0.05, 0.1) is 0 Å². The number of alkyl halides is 3. The SMILES string of the molecule is Cc1cccc(/C(=C(\CC=O)C(F)(F)F)c2ccccc2)c1. The maximum Gasteiger partial charge on any atom is 0.413 e. The summed E-state index contributed by atoms with van der Waals surface area (Å²) in [7, 11) is 0. The van der Waals surface area contributed by atoms with E-state index in [9.17, 15) is 18.0 Å². The van der Waals surface area contributed by atoms with Crippen molar-refractivity contribution in [2.45, 2.75) is 19.5 Å². The van der Waals surface area contributed by atoms with Crippen molar-refractivity contribution in [2.75, 3.05) is 0 Å². The summed E-state index contributed by atoms with van der Waals surface area (Å²) in [5.41, 5.74) is 1.00. The zero-order valence-electron chi connectivity index (χ0n) is 12.0. The molecule has 0 aliphatic rings. The van der Waals surface area contributed by atoms with E-state index in [1.54, 1.807) is 48.5 Å². The fraction of sp³-hybridized carbons (Fsp3) is 0.167. The number of aryl methyl sites for hydroxylation is 1. The minimum absolute atomic E-state index is 0.0592. The van der Waals surface area contributed by atoms with Gasteiger partial charge in [-0.3, -0.25) is 0 Å². The molecular formula is C18H15F3O. The Morgan fingerprint density at radius 2 is 1.64 bits per heavy atom. The fourth-order valence-corrected chi connectivity index (χ4v) is 2.36. The smallest absolute Gasteiger partial charge is 0.303 e.